The van der Waals surface area contributed by atoms with Crippen LogP contribution in [-0.4, -0.2) is 30.8 Å². The number of carbonyl (C=O) groups is 1. The number of benzene rings is 2. The smallest absolute Gasteiger partial charge is 0.335 e. The summed E-state index contributed by atoms with van der Waals surface area (Å²) < 4.78 is 6.44. The van der Waals surface area contributed by atoms with Crippen molar-refractivity contribution in [3.63, 3.8) is 0 Å². The summed E-state index contributed by atoms with van der Waals surface area (Å²) in [6, 6.07) is 11.6. The number of fused-ring (bicyclic) bond motifs is 3. The van der Waals surface area contributed by atoms with E-state index in [1.807, 2.05) is 18.2 Å². The monoisotopic (exact) mass is 465 g/mol. The number of aromatic carboxylic acids is 1. The summed E-state index contributed by atoms with van der Waals surface area (Å²) in [6.45, 7) is 4.46. The van der Waals surface area contributed by atoms with Gasteiger partial charge in [-0.2, -0.15) is 0 Å². The van der Waals surface area contributed by atoms with Crippen molar-refractivity contribution in [2.75, 3.05) is 24.6 Å². The summed E-state index contributed by atoms with van der Waals surface area (Å²) in [7, 11) is 0. The van der Waals surface area contributed by atoms with Crippen molar-refractivity contribution < 1.29 is 14.6 Å². The first-order valence-electron chi connectivity index (χ1n) is 12.1. The van der Waals surface area contributed by atoms with Gasteiger partial charge in [-0.15, -0.1) is 0 Å². The Kier molecular flexibility index (Phi) is 6.13. The molecule has 3 aliphatic rings. The summed E-state index contributed by atoms with van der Waals surface area (Å²) in [5.74, 6) is 1.21. The van der Waals surface area contributed by atoms with Crippen LogP contribution in [0, 0.1) is 11.8 Å². The summed E-state index contributed by atoms with van der Waals surface area (Å²) in [4.78, 5) is 14.2. The van der Waals surface area contributed by atoms with Crippen molar-refractivity contribution in [1.29, 1.82) is 0 Å². The largest absolute Gasteiger partial charge is 0.490 e. The fourth-order valence-electron chi connectivity index (χ4n) is 6.03. The fraction of sp³-hybridized carbons (Fsp3) is 0.464. The fourth-order valence-corrected chi connectivity index (χ4v) is 6.22. The first-order chi connectivity index (χ1) is 16.0. The van der Waals surface area contributed by atoms with Crippen LogP contribution < -0.4 is 9.64 Å². The minimum Gasteiger partial charge on any atom is -0.490 e. The molecule has 3 atom stereocenters. The zero-order valence-corrected chi connectivity index (χ0v) is 20.0. The van der Waals surface area contributed by atoms with E-state index in [2.05, 4.69) is 36.1 Å². The van der Waals surface area contributed by atoms with Crippen LogP contribution in [0.4, 0.5) is 5.69 Å². The van der Waals surface area contributed by atoms with Crippen LogP contribution in [0.5, 0.6) is 5.75 Å². The molecular formula is C28H32ClNO3. The van der Waals surface area contributed by atoms with Gasteiger partial charge in [-0.3, -0.25) is 0 Å². The zero-order chi connectivity index (χ0) is 23.0. The van der Waals surface area contributed by atoms with Crippen molar-refractivity contribution >= 4 is 23.3 Å². The molecule has 5 heteroatoms. The maximum atomic E-state index is 11.8. The highest BCUT2D eigenvalue weighted by atomic mass is 35.5. The summed E-state index contributed by atoms with van der Waals surface area (Å²) >= 11 is 6.34. The van der Waals surface area contributed by atoms with Gasteiger partial charge in [0.15, 0.2) is 0 Å². The molecule has 174 valence electrons. The lowest BCUT2D eigenvalue weighted by Crippen LogP contribution is -2.48. The molecule has 4 nitrogen and oxygen atoms in total. The lowest BCUT2D eigenvalue weighted by atomic mass is 9.69. The molecule has 1 aliphatic heterocycles. The van der Waals surface area contributed by atoms with Gasteiger partial charge in [-0.05, 0) is 98.7 Å². The van der Waals surface area contributed by atoms with E-state index in [-0.39, 0.29) is 5.41 Å². The third-order valence-electron chi connectivity index (χ3n) is 7.99. The Labute approximate surface area is 201 Å². The van der Waals surface area contributed by atoms with E-state index < -0.39 is 5.97 Å². The number of hydrogen-bond acceptors (Lipinski definition) is 3. The SMILES string of the molecule is C/C=C/C[C@@H]1CC[C@H]1CN1C[C@@]2(CCCc3cc(Cl)ccc32)COc2ccc(C(=O)O)cc21. The molecule has 1 saturated carbocycles. The van der Waals surface area contributed by atoms with Gasteiger partial charge in [0.05, 0.1) is 17.9 Å². The Hall–Kier alpha value is -2.46. The normalized spacial score (nSPS) is 26.3. The lowest BCUT2D eigenvalue weighted by molar-refractivity contribution is 0.0697. The molecule has 1 spiro atoms. The molecule has 2 aromatic rings. The van der Waals surface area contributed by atoms with Gasteiger partial charge in [0.2, 0.25) is 0 Å². The molecule has 0 saturated heterocycles. The standard InChI is InChI=1S/C28H32ClNO3/c1-2-3-5-19-7-8-22(19)16-30-17-28(13-4-6-20-14-23(29)10-11-24(20)28)18-33-26-12-9-21(27(31)32)15-25(26)30/h2-3,9-12,14-15,19,22H,4-8,13,16-18H2,1H3,(H,31,32)/b3-2+/t19-,22+,28+/m1/s1. The third-order valence-corrected chi connectivity index (χ3v) is 8.22. The van der Waals surface area contributed by atoms with Crippen molar-refractivity contribution in [3.05, 3.63) is 70.3 Å². The maximum absolute atomic E-state index is 11.8. The minimum atomic E-state index is -0.899. The molecule has 0 unspecified atom stereocenters. The van der Waals surface area contributed by atoms with Gasteiger partial charge in [0, 0.05) is 23.5 Å². The predicted octanol–water partition coefficient (Wildman–Crippen LogP) is 6.50. The lowest BCUT2D eigenvalue weighted by Gasteiger charge is -2.44. The number of carboxylic acids is 1. The van der Waals surface area contributed by atoms with E-state index in [0.29, 0.717) is 24.0 Å². The summed E-state index contributed by atoms with van der Waals surface area (Å²) in [6.07, 6.45) is 11.3. The molecule has 2 aliphatic carbocycles. The predicted molar refractivity (Wildman–Crippen MR) is 133 cm³/mol. The number of hydrogen-bond donors (Lipinski definition) is 1. The van der Waals surface area contributed by atoms with E-state index in [1.165, 1.54) is 24.0 Å². The number of halogens is 1. The van der Waals surface area contributed by atoms with Gasteiger partial charge in [0.1, 0.15) is 5.75 Å². The molecule has 5 rings (SSSR count). The maximum Gasteiger partial charge on any atom is 0.335 e. The summed E-state index contributed by atoms with van der Waals surface area (Å²) in [5, 5.41) is 10.4. The highest BCUT2D eigenvalue weighted by molar-refractivity contribution is 6.30. The van der Waals surface area contributed by atoms with Crippen LogP contribution in [-0.2, 0) is 11.8 Å². The average Bonchev–Trinajstić information content (AvgIpc) is 2.94. The minimum absolute atomic E-state index is 0.122. The van der Waals surface area contributed by atoms with Gasteiger partial charge in [-0.25, -0.2) is 4.79 Å². The second kappa shape index (κ2) is 9.06. The number of nitrogens with zero attached hydrogens (tertiary/aromatic N) is 1. The Balaban J connectivity index is 1.53. The Bertz CT molecular complexity index is 1080. The van der Waals surface area contributed by atoms with Crippen molar-refractivity contribution in [2.45, 2.75) is 50.9 Å². The van der Waals surface area contributed by atoms with Crippen LogP contribution in [0.3, 0.4) is 0 Å². The van der Waals surface area contributed by atoms with E-state index in [4.69, 9.17) is 16.3 Å². The highest BCUT2D eigenvalue weighted by Crippen LogP contribution is 2.46. The van der Waals surface area contributed by atoms with E-state index in [1.54, 1.807) is 6.07 Å². The molecule has 2 aromatic carbocycles. The molecule has 33 heavy (non-hydrogen) atoms. The Morgan fingerprint density at radius 1 is 1.24 bits per heavy atom. The Morgan fingerprint density at radius 2 is 2.09 bits per heavy atom. The third kappa shape index (κ3) is 4.26. The first kappa shape index (κ1) is 22.3. The van der Waals surface area contributed by atoms with Gasteiger partial charge >= 0.3 is 5.97 Å². The number of carboxylic acid groups (broad SMARTS) is 1. The quantitative estimate of drug-likeness (QED) is 0.512. The molecule has 1 heterocycles. The molecule has 0 aromatic heterocycles. The van der Waals surface area contributed by atoms with Crippen molar-refractivity contribution in [2.24, 2.45) is 11.8 Å². The zero-order valence-electron chi connectivity index (χ0n) is 19.2. The van der Waals surface area contributed by atoms with Crippen molar-refractivity contribution in [3.8, 4) is 5.75 Å². The van der Waals surface area contributed by atoms with Gasteiger partial charge < -0.3 is 14.7 Å². The molecule has 0 amide bonds. The number of allylic oxidation sites excluding steroid dienone is 2. The molecule has 1 fully saturated rings. The summed E-state index contributed by atoms with van der Waals surface area (Å²) in [5.41, 5.74) is 3.78. The molecule has 0 bridgehead atoms. The molecular weight excluding hydrogens is 434 g/mol. The van der Waals surface area contributed by atoms with Gasteiger partial charge in [0.25, 0.3) is 0 Å². The van der Waals surface area contributed by atoms with E-state index in [0.717, 1.165) is 55.2 Å². The molecule has 1 N–H and O–H groups in total. The highest BCUT2D eigenvalue weighted by Gasteiger charge is 2.43. The van der Waals surface area contributed by atoms with Gasteiger partial charge in [-0.1, -0.05) is 29.8 Å². The second-order valence-electron chi connectivity index (χ2n) is 9.99. The average molecular weight is 466 g/mol. The topological polar surface area (TPSA) is 49.8 Å². The number of ether oxygens (including phenoxy) is 1. The van der Waals surface area contributed by atoms with Crippen LogP contribution >= 0.6 is 11.6 Å². The van der Waals surface area contributed by atoms with E-state index in [9.17, 15) is 9.90 Å². The Morgan fingerprint density at radius 3 is 2.85 bits per heavy atom. The van der Waals surface area contributed by atoms with Crippen LogP contribution in [0.1, 0.15) is 60.5 Å². The van der Waals surface area contributed by atoms with Crippen LogP contribution in [0.25, 0.3) is 0 Å². The number of aryl methyl sites for hydroxylation is 1. The molecule has 0 radical (unpaired) electrons. The van der Waals surface area contributed by atoms with Crippen LogP contribution in [0.2, 0.25) is 5.02 Å². The number of anilines is 1. The first-order valence-corrected chi connectivity index (χ1v) is 12.5. The van der Waals surface area contributed by atoms with Crippen LogP contribution in [0.15, 0.2) is 48.6 Å². The number of rotatable bonds is 5. The van der Waals surface area contributed by atoms with Crippen molar-refractivity contribution in [1.82, 2.24) is 0 Å². The van der Waals surface area contributed by atoms with E-state index >= 15 is 0 Å². The second-order valence-corrected chi connectivity index (χ2v) is 10.4.